The number of halogens is 6. The maximum Gasteiger partial charge on any atom is 0.433 e. The molecule has 19 heavy (non-hydrogen) atoms. The fourth-order valence-corrected chi connectivity index (χ4v) is 1.19. The van der Waals surface area contributed by atoms with Crippen molar-refractivity contribution in [1.82, 2.24) is 9.97 Å². The standard InChI is InChI=1S/C8H9F6N5/c1-19(3-7(9,10)11)5-2-4(8(12,13)14)16-6(17-5)18-15/h2H,3,15H2,1H3,(H,16,17,18). The van der Waals surface area contributed by atoms with Crippen LogP contribution in [0.4, 0.5) is 38.1 Å². The van der Waals surface area contributed by atoms with Gasteiger partial charge in [-0.1, -0.05) is 0 Å². The first kappa shape index (κ1) is 15.3. The Kier molecular flexibility index (Phi) is 4.08. The van der Waals surface area contributed by atoms with Gasteiger partial charge in [-0.05, 0) is 0 Å². The van der Waals surface area contributed by atoms with Gasteiger partial charge < -0.3 is 4.90 Å². The van der Waals surface area contributed by atoms with Crippen molar-refractivity contribution in [3.8, 4) is 0 Å². The monoisotopic (exact) mass is 289 g/mol. The predicted molar refractivity (Wildman–Crippen MR) is 54.2 cm³/mol. The first-order chi connectivity index (χ1) is 8.53. The van der Waals surface area contributed by atoms with Crippen molar-refractivity contribution in [1.29, 1.82) is 0 Å². The van der Waals surface area contributed by atoms with Gasteiger partial charge in [0, 0.05) is 13.1 Å². The molecule has 0 atom stereocenters. The number of nitrogen functional groups attached to an aromatic ring is 1. The fraction of sp³-hybridized carbons (Fsp3) is 0.500. The molecule has 1 rings (SSSR count). The molecule has 108 valence electrons. The van der Waals surface area contributed by atoms with Crippen LogP contribution in [0.15, 0.2) is 6.07 Å². The highest BCUT2D eigenvalue weighted by Gasteiger charge is 2.35. The SMILES string of the molecule is CN(CC(F)(F)F)c1cc(C(F)(F)F)nc(NN)n1. The summed E-state index contributed by atoms with van der Waals surface area (Å²) in [5.74, 6) is 3.70. The smallest absolute Gasteiger partial charge is 0.350 e. The van der Waals surface area contributed by atoms with Crippen LogP contribution in [0, 0.1) is 0 Å². The van der Waals surface area contributed by atoms with Crippen molar-refractivity contribution in [2.24, 2.45) is 5.84 Å². The van der Waals surface area contributed by atoms with Crippen LogP contribution in [0.3, 0.4) is 0 Å². The number of nitrogens with one attached hydrogen (secondary N) is 1. The lowest BCUT2D eigenvalue weighted by Crippen LogP contribution is -2.32. The molecule has 0 aliphatic heterocycles. The van der Waals surface area contributed by atoms with E-state index >= 15 is 0 Å². The zero-order chi connectivity index (χ0) is 14.8. The van der Waals surface area contributed by atoms with Crippen LogP contribution in [0.25, 0.3) is 0 Å². The molecule has 0 aliphatic rings. The summed E-state index contributed by atoms with van der Waals surface area (Å²) in [6, 6.07) is 0.409. The minimum atomic E-state index is -4.82. The third-order valence-corrected chi connectivity index (χ3v) is 1.94. The van der Waals surface area contributed by atoms with Crippen LogP contribution >= 0.6 is 0 Å². The molecular weight excluding hydrogens is 280 g/mol. The molecule has 1 aromatic rings. The minimum Gasteiger partial charge on any atom is -0.350 e. The summed E-state index contributed by atoms with van der Waals surface area (Å²) in [5, 5.41) is 0. The highest BCUT2D eigenvalue weighted by Crippen LogP contribution is 2.30. The maximum absolute atomic E-state index is 12.5. The van der Waals surface area contributed by atoms with E-state index in [2.05, 4.69) is 9.97 Å². The second-order valence-electron chi connectivity index (χ2n) is 3.55. The molecule has 0 bridgehead atoms. The molecule has 0 unspecified atom stereocenters. The quantitative estimate of drug-likeness (QED) is 0.504. The summed E-state index contributed by atoms with van der Waals surface area (Å²) >= 11 is 0. The second-order valence-corrected chi connectivity index (χ2v) is 3.55. The minimum absolute atomic E-state index is 0.409. The third-order valence-electron chi connectivity index (χ3n) is 1.94. The molecule has 0 amide bonds. The summed E-state index contributed by atoms with van der Waals surface area (Å²) in [5.41, 5.74) is 0.378. The number of nitrogens with two attached hydrogens (primary N) is 1. The van der Waals surface area contributed by atoms with E-state index in [1.54, 1.807) is 5.43 Å². The van der Waals surface area contributed by atoms with Crippen LogP contribution in [0.2, 0.25) is 0 Å². The Balaban J connectivity index is 3.13. The molecule has 0 radical (unpaired) electrons. The van der Waals surface area contributed by atoms with E-state index in [0.29, 0.717) is 11.0 Å². The zero-order valence-corrected chi connectivity index (χ0v) is 9.47. The van der Waals surface area contributed by atoms with Gasteiger partial charge in [-0.25, -0.2) is 10.8 Å². The molecule has 0 spiro atoms. The first-order valence-corrected chi connectivity index (χ1v) is 4.73. The van der Waals surface area contributed by atoms with Gasteiger partial charge in [0.1, 0.15) is 12.4 Å². The summed E-state index contributed by atoms with van der Waals surface area (Å²) in [7, 11) is 0.955. The molecule has 0 saturated heterocycles. The van der Waals surface area contributed by atoms with Crippen molar-refractivity contribution in [2.45, 2.75) is 12.4 Å². The molecule has 0 saturated carbocycles. The molecule has 3 N–H and O–H groups in total. The number of aromatic nitrogens is 2. The second kappa shape index (κ2) is 5.07. The maximum atomic E-state index is 12.5. The number of nitrogens with zero attached hydrogens (tertiary/aromatic N) is 3. The van der Waals surface area contributed by atoms with E-state index in [1.165, 1.54) is 0 Å². The molecule has 5 nitrogen and oxygen atoms in total. The van der Waals surface area contributed by atoms with E-state index in [4.69, 9.17) is 5.84 Å². The van der Waals surface area contributed by atoms with E-state index in [0.717, 1.165) is 7.05 Å². The molecule has 1 heterocycles. The first-order valence-electron chi connectivity index (χ1n) is 4.73. The summed E-state index contributed by atoms with van der Waals surface area (Å²) in [6.45, 7) is -1.45. The van der Waals surface area contributed by atoms with Gasteiger partial charge in [0.2, 0.25) is 5.95 Å². The summed E-state index contributed by atoms with van der Waals surface area (Å²) in [4.78, 5) is 6.96. The Morgan fingerprint density at radius 2 is 1.79 bits per heavy atom. The molecule has 11 heteroatoms. The Hall–Kier alpha value is -1.78. The topological polar surface area (TPSA) is 67.1 Å². The highest BCUT2D eigenvalue weighted by atomic mass is 19.4. The van der Waals surface area contributed by atoms with Crippen molar-refractivity contribution in [3.63, 3.8) is 0 Å². The number of hydrazine groups is 1. The molecule has 0 aromatic carbocycles. The lowest BCUT2D eigenvalue weighted by molar-refractivity contribution is -0.141. The van der Waals surface area contributed by atoms with Crippen LogP contribution < -0.4 is 16.2 Å². The molecule has 1 aromatic heterocycles. The molecular formula is C8H9F6N5. The van der Waals surface area contributed by atoms with Crippen molar-refractivity contribution >= 4 is 11.8 Å². The summed E-state index contributed by atoms with van der Waals surface area (Å²) in [6.07, 6.45) is -9.39. The molecule has 0 fully saturated rings. The zero-order valence-electron chi connectivity index (χ0n) is 9.47. The van der Waals surface area contributed by atoms with Crippen molar-refractivity contribution < 1.29 is 26.3 Å². The Morgan fingerprint density at radius 3 is 2.21 bits per heavy atom. The molecule has 0 aliphatic carbocycles. The van der Waals surface area contributed by atoms with Crippen LogP contribution in [-0.4, -0.2) is 29.7 Å². The average Bonchev–Trinajstić information content (AvgIpc) is 2.25. The van der Waals surface area contributed by atoms with Crippen molar-refractivity contribution in [2.75, 3.05) is 23.9 Å². The van der Waals surface area contributed by atoms with Gasteiger partial charge in [-0.2, -0.15) is 31.3 Å². The largest absolute Gasteiger partial charge is 0.433 e. The Morgan fingerprint density at radius 1 is 1.21 bits per heavy atom. The normalized spacial score (nSPS) is 12.4. The number of hydrogen-bond acceptors (Lipinski definition) is 5. The van der Waals surface area contributed by atoms with Crippen LogP contribution in [0.5, 0.6) is 0 Å². The number of anilines is 2. The number of hydrogen-bond donors (Lipinski definition) is 2. The van der Waals surface area contributed by atoms with Gasteiger partial charge in [0.05, 0.1) is 0 Å². The van der Waals surface area contributed by atoms with Gasteiger partial charge >= 0.3 is 12.4 Å². The van der Waals surface area contributed by atoms with Gasteiger partial charge in [0.15, 0.2) is 5.69 Å². The Bertz CT molecular complexity index is 442. The third kappa shape index (κ3) is 4.43. The number of alkyl halides is 6. The lowest BCUT2D eigenvalue weighted by atomic mass is 10.3. The average molecular weight is 289 g/mol. The van der Waals surface area contributed by atoms with E-state index in [9.17, 15) is 26.3 Å². The van der Waals surface area contributed by atoms with Crippen molar-refractivity contribution in [3.05, 3.63) is 11.8 Å². The lowest BCUT2D eigenvalue weighted by Gasteiger charge is -2.21. The van der Waals surface area contributed by atoms with Crippen LogP contribution in [-0.2, 0) is 6.18 Å². The van der Waals surface area contributed by atoms with Gasteiger partial charge in [-0.3, -0.25) is 5.43 Å². The van der Waals surface area contributed by atoms with E-state index < -0.39 is 36.4 Å². The Labute approximate surface area is 103 Å². The summed E-state index contributed by atoms with van der Waals surface area (Å²) < 4.78 is 73.9. The van der Waals surface area contributed by atoms with Crippen LogP contribution in [0.1, 0.15) is 5.69 Å². The predicted octanol–water partition coefficient (Wildman–Crippen LogP) is 1.78. The van der Waals surface area contributed by atoms with Gasteiger partial charge in [-0.15, -0.1) is 0 Å². The van der Waals surface area contributed by atoms with E-state index in [-0.39, 0.29) is 0 Å². The highest BCUT2D eigenvalue weighted by molar-refractivity contribution is 5.44. The fourth-order valence-electron chi connectivity index (χ4n) is 1.19. The van der Waals surface area contributed by atoms with E-state index in [1.807, 2.05) is 0 Å². The van der Waals surface area contributed by atoms with Gasteiger partial charge in [0.25, 0.3) is 0 Å². The number of rotatable bonds is 3.